The van der Waals surface area contributed by atoms with Gasteiger partial charge < -0.3 is 15.8 Å². The molecular weight excluding hydrogens is 365 g/mol. The Morgan fingerprint density at radius 3 is 2.80 bits per heavy atom. The number of rotatable bonds is 5. The van der Waals surface area contributed by atoms with Crippen LogP contribution in [0.1, 0.15) is 32.1 Å². The summed E-state index contributed by atoms with van der Waals surface area (Å²) in [5, 5.41) is 3.08. The summed E-state index contributed by atoms with van der Waals surface area (Å²) in [5.74, 6) is 0.482. The Morgan fingerprint density at radius 2 is 2.10 bits per heavy atom. The SMILES string of the molecule is I.NC(=NCCCC1CCCCO1)Nc1ccccc1. The second kappa shape index (κ2) is 9.99. The van der Waals surface area contributed by atoms with Gasteiger partial charge in [0.05, 0.1) is 6.10 Å². The molecule has 5 heteroatoms. The van der Waals surface area contributed by atoms with E-state index in [2.05, 4.69) is 10.3 Å². The van der Waals surface area contributed by atoms with Gasteiger partial charge in [-0.2, -0.15) is 0 Å². The predicted octanol–water partition coefficient (Wildman–Crippen LogP) is 3.38. The molecule has 1 aromatic carbocycles. The Labute approximate surface area is 138 Å². The van der Waals surface area contributed by atoms with Crippen LogP contribution in [-0.4, -0.2) is 25.2 Å². The molecule has 4 nitrogen and oxygen atoms in total. The van der Waals surface area contributed by atoms with Crippen LogP contribution in [0.3, 0.4) is 0 Å². The number of anilines is 1. The molecule has 1 aliphatic rings. The summed E-state index contributed by atoms with van der Waals surface area (Å²) < 4.78 is 5.69. The normalized spacial score (nSPS) is 19.2. The Balaban J connectivity index is 0.00000200. The number of nitrogens with zero attached hydrogens (tertiary/aromatic N) is 1. The third-order valence-corrected chi connectivity index (χ3v) is 3.29. The van der Waals surface area contributed by atoms with Crippen molar-refractivity contribution in [3.05, 3.63) is 30.3 Å². The van der Waals surface area contributed by atoms with Crippen molar-refractivity contribution in [1.29, 1.82) is 0 Å². The van der Waals surface area contributed by atoms with Crippen molar-refractivity contribution >= 4 is 35.6 Å². The molecule has 2 rings (SSSR count). The summed E-state index contributed by atoms with van der Waals surface area (Å²) in [4.78, 5) is 4.33. The summed E-state index contributed by atoms with van der Waals surface area (Å²) in [6.07, 6.45) is 6.26. The van der Waals surface area contributed by atoms with Crippen molar-refractivity contribution in [2.24, 2.45) is 10.7 Å². The van der Waals surface area contributed by atoms with Gasteiger partial charge in [0, 0.05) is 18.8 Å². The highest BCUT2D eigenvalue weighted by Gasteiger charge is 2.12. The first kappa shape index (κ1) is 17.2. The average molecular weight is 389 g/mol. The van der Waals surface area contributed by atoms with Crippen LogP contribution in [0, 0.1) is 0 Å². The van der Waals surface area contributed by atoms with Crippen LogP contribution < -0.4 is 11.1 Å². The molecule has 112 valence electrons. The molecule has 1 fully saturated rings. The van der Waals surface area contributed by atoms with Gasteiger partial charge in [-0.25, -0.2) is 0 Å². The van der Waals surface area contributed by atoms with E-state index in [-0.39, 0.29) is 24.0 Å². The van der Waals surface area contributed by atoms with Gasteiger partial charge in [-0.3, -0.25) is 4.99 Å². The summed E-state index contributed by atoms with van der Waals surface area (Å²) in [6, 6.07) is 9.85. The van der Waals surface area contributed by atoms with E-state index in [1.54, 1.807) is 0 Å². The minimum absolute atomic E-state index is 0. The fourth-order valence-electron chi connectivity index (χ4n) is 2.26. The molecule has 1 heterocycles. The molecule has 1 atom stereocenters. The van der Waals surface area contributed by atoms with Crippen molar-refractivity contribution in [2.75, 3.05) is 18.5 Å². The zero-order valence-electron chi connectivity index (χ0n) is 11.8. The van der Waals surface area contributed by atoms with E-state index in [9.17, 15) is 0 Å². The Kier molecular flexibility index (Phi) is 8.60. The number of benzene rings is 1. The zero-order valence-corrected chi connectivity index (χ0v) is 14.1. The lowest BCUT2D eigenvalue weighted by molar-refractivity contribution is 0.0105. The molecule has 1 unspecified atom stereocenters. The summed E-state index contributed by atoms with van der Waals surface area (Å²) >= 11 is 0. The Morgan fingerprint density at radius 1 is 1.30 bits per heavy atom. The van der Waals surface area contributed by atoms with E-state index in [1.165, 1.54) is 19.3 Å². The third kappa shape index (κ3) is 6.56. The molecule has 0 radical (unpaired) electrons. The quantitative estimate of drug-likeness (QED) is 0.351. The van der Waals surface area contributed by atoms with Gasteiger partial charge in [-0.15, -0.1) is 24.0 Å². The first-order valence-electron chi connectivity index (χ1n) is 7.08. The molecule has 3 N–H and O–H groups in total. The topological polar surface area (TPSA) is 59.6 Å². The number of ether oxygens (including phenoxy) is 1. The van der Waals surface area contributed by atoms with Crippen LogP contribution >= 0.6 is 24.0 Å². The smallest absolute Gasteiger partial charge is 0.193 e. The number of hydrogen-bond donors (Lipinski definition) is 2. The molecule has 1 aromatic rings. The second-order valence-electron chi connectivity index (χ2n) is 4.89. The van der Waals surface area contributed by atoms with Crippen LogP contribution in [0.5, 0.6) is 0 Å². The maximum Gasteiger partial charge on any atom is 0.193 e. The van der Waals surface area contributed by atoms with E-state index in [1.807, 2.05) is 30.3 Å². The van der Waals surface area contributed by atoms with Gasteiger partial charge >= 0.3 is 0 Å². The number of guanidine groups is 1. The molecule has 0 saturated carbocycles. The van der Waals surface area contributed by atoms with Crippen LogP contribution in [0.25, 0.3) is 0 Å². The molecule has 0 spiro atoms. The molecular formula is C15H24IN3O. The Hall–Kier alpha value is -0.820. The highest BCUT2D eigenvalue weighted by atomic mass is 127. The highest BCUT2D eigenvalue weighted by Crippen LogP contribution is 2.16. The highest BCUT2D eigenvalue weighted by molar-refractivity contribution is 14.0. The molecule has 1 saturated heterocycles. The van der Waals surface area contributed by atoms with Crippen molar-refractivity contribution in [1.82, 2.24) is 0 Å². The summed E-state index contributed by atoms with van der Waals surface area (Å²) in [5.41, 5.74) is 6.80. The largest absolute Gasteiger partial charge is 0.378 e. The number of nitrogens with two attached hydrogens (primary N) is 1. The third-order valence-electron chi connectivity index (χ3n) is 3.29. The molecule has 0 bridgehead atoms. The van der Waals surface area contributed by atoms with Gasteiger partial charge in [-0.1, -0.05) is 18.2 Å². The van der Waals surface area contributed by atoms with Gasteiger partial charge in [-0.05, 0) is 44.2 Å². The predicted molar refractivity (Wildman–Crippen MR) is 94.8 cm³/mol. The molecule has 0 aliphatic carbocycles. The van der Waals surface area contributed by atoms with Crippen molar-refractivity contribution in [3.63, 3.8) is 0 Å². The monoisotopic (exact) mass is 389 g/mol. The summed E-state index contributed by atoms with van der Waals surface area (Å²) in [6.45, 7) is 1.68. The van der Waals surface area contributed by atoms with Crippen molar-refractivity contribution in [3.8, 4) is 0 Å². The van der Waals surface area contributed by atoms with Crippen molar-refractivity contribution in [2.45, 2.75) is 38.2 Å². The Bertz CT molecular complexity index is 391. The van der Waals surface area contributed by atoms with Crippen LogP contribution in [0.4, 0.5) is 5.69 Å². The minimum atomic E-state index is 0. The summed E-state index contributed by atoms with van der Waals surface area (Å²) in [7, 11) is 0. The lowest BCUT2D eigenvalue weighted by atomic mass is 10.1. The van der Waals surface area contributed by atoms with Crippen molar-refractivity contribution < 1.29 is 4.74 Å². The number of aliphatic imine (C=N–C) groups is 1. The lowest BCUT2D eigenvalue weighted by Gasteiger charge is -2.22. The average Bonchev–Trinajstić information content (AvgIpc) is 2.46. The second-order valence-corrected chi connectivity index (χ2v) is 4.89. The molecule has 1 aliphatic heterocycles. The van der Waals surface area contributed by atoms with E-state index < -0.39 is 0 Å². The molecule has 20 heavy (non-hydrogen) atoms. The van der Waals surface area contributed by atoms with Crippen LogP contribution in [0.15, 0.2) is 35.3 Å². The lowest BCUT2D eigenvalue weighted by Crippen LogP contribution is -2.23. The maximum atomic E-state index is 5.83. The van der Waals surface area contributed by atoms with E-state index in [0.717, 1.165) is 31.7 Å². The first-order chi connectivity index (χ1) is 9.34. The van der Waals surface area contributed by atoms with E-state index in [4.69, 9.17) is 10.5 Å². The standard InChI is InChI=1S/C15H23N3O.HI/c16-15(18-13-7-2-1-3-8-13)17-11-6-10-14-9-4-5-12-19-14;/h1-3,7-8,14H,4-6,9-12H2,(H3,16,17,18);1H. The minimum Gasteiger partial charge on any atom is -0.378 e. The number of para-hydroxylation sites is 1. The van der Waals surface area contributed by atoms with E-state index in [0.29, 0.717) is 12.1 Å². The van der Waals surface area contributed by atoms with Gasteiger partial charge in [0.15, 0.2) is 5.96 Å². The van der Waals surface area contributed by atoms with Crippen LogP contribution in [-0.2, 0) is 4.74 Å². The van der Waals surface area contributed by atoms with E-state index >= 15 is 0 Å². The maximum absolute atomic E-state index is 5.83. The van der Waals surface area contributed by atoms with Crippen LogP contribution in [0.2, 0.25) is 0 Å². The number of halogens is 1. The fourth-order valence-corrected chi connectivity index (χ4v) is 2.26. The van der Waals surface area contributed by atoms with Gasteiger partial charge in [0.1, 0.15) is 0 Å². The molecule has 0 amide bonds. The number of nitrogens with one attached hydrogen (secondary N) is 1. The number of hydrogen-bond acceptors (Lipinski definition) is 2. The molecule has 0 aromatic heterocycles. The first-order valence-corrected chi connectivity index (χ1v) is 7.08. The fraction of sp³-hybridized carbons (Fsp3) is 0.533. The van der Waals surface area contributed by atoms with Gasteiger partial charge in [0.25, 0.3) is 0 Å². The van der Waals surface area contributed by atoms with Gasteiger partial charge in [0.2, 0.25) is 0 Å². The zero-order chi connectivity index (χ0) is 13.3.